The number of hydrogen-bond acceptors (Lipinski definition) is 2. The van der Waals surface area contributed by atoms with E-state index in [0.29, 0.717) is 11.6 Å². The van der Waals surface area contributed by atoms with Gasteiger partial charge in [0.2, 0.25) is 0 Å². The molecule has 5 heteroatoms. The van der Waals surface area contributed by atoms with E-state index in [2.05, 4.69) is 57.3 Å². The first-order valence-electron chi connectivity index (χ1n) is 14.4. The van der Waals surface area contributed by atoms with Crippen molar-refractivity contribution >= 4 is 5.91 Å². The summed E-state index contributed by atoms with van der Waals surface area (Å²) < 4.78 is 15.8. The van der Waals surface area contributed by atoms with Crippen LogP contribution in [0.1, 0.15) is 98.1 Å². The first-order valence-corrected chi connectivity index (χ1v) is 14.4. The molecule has 6 rings (SSSR count). The van der Waals surface area contributed by atoms with E-state index < -0.39 is 0 Å². The Hall–Kier alpha value is -2.95. The molecule has 2 fully saturated rings. The SMILES string of the molecule is Cc1ccc(CC2CCCCc3c(C(=O)NC4C5(C)CCC(C5)C4(C)C)nn(-c4ccc(F)cc4)c32)cc1. The number of aromatic nitrogens is 2. The van der Waals surface area contributed by atoms with Crippen molar-refractivity contribution in [3.05, 3.63) is 82.4 Å². The second-order valence-corrected chi connectivity index (χ2v) is 13.1. The molecule has 4 unspecified atom stereocenters. The summed E-state index contributed by atoms with van der Waals surface area (Å²) >= 11 is 0. The maximum absolute atomic E-state index is 14.0. The van der Waals surface area contributed by atoms with Crippen LogP contribution in [0.3, 0.4) is 0 Å². The fraction of sp³-hybridized carbons (Fsp3) is 0.515. The summed E-state index contributed by atoms with van der Waals surface area (Å²) in [6.07, 6.45) is 8.56. The van der Waals surface area contributed by atoms with Crippen LogP contribution in [-0.2, 0) is 12.8 Å². The Morgan fingerprint density at radius 3 is 2.47 bits per heavy atom. The van der Waals surface area contributed by atoms with Crippen molar-refractivity contribution in [2.45, 2.75) is 91.0 Å². The van der Waals surface area contributed by atoms with Gasteiger partial charge in [0.15, 0.2) is 5.69 Å². The second kappa shape index (κ2) is 9.36. The molecule has 2 saturated carbocycles. The quantitative estimate of drug-likeness (QED) is 0.364. The topological polar surface area (TPSA) is 46.9 Å². The van der Waals surface area contributed by atoms with E-state index in [1.54, 1.807) is 12.1 Å². The maximum Gasteiger partial charge on any atom is 0.272 e. The van der Waals surface area contributed by atoms with Crippen molar-refractivity contribution in [1.82, 2.24) is 15.1 Å². The molecule has 0 radical (unpaired) electrons. The van der Waals surface area contributed by atoms with Crippen LogP contribution in [0.15, 0.2) is 48.5 Å². The summed E-state index contributed by atoms with van der Waals surface area (Å²) in [6.45, 7) is 9.10. The molecule has 1 N–H and O–H groups in total. The van der Waals surface area contributed by atoms with Crippen molar-refractivity contribution in [1.29, 1.82) is 0 Å². The van der Waals surface area contributed by atoms with E-state index in [9.17, 15) is 9.18 Å². The molecule has 0 saturated heterocycles. The predicted octanol–water partition coefficient (Wildman–Crippen LogP) is 7.32. The van der Waals surface area contributed by atoms with Crippen molar-refractivity contribution in [3.63, 3.8) is 0 Å². The zero-order valence-electron chi connectivity index (χ0n) is 23.2. The zero-order valence-corrected chi connectivity index (χ0v) is 23.2. The van der Waals surface area contributed by atoms with Gasteiger partial charge < -0.3 is 5.32 Å². The molecule has 1 heterocycles. The molecular formula is C33H40FN3O. The molecular weight excluding hydrogens is 473 g/mol. The number of carbonyl (C=O) groups is 1. The number of hydrogen-bond donors (Lipinski definition) is 1. The normalized spacial score (nSPS) is 27.7. The van der Waals surface area contributed by atoms with Crippen LogP contribution in [0.2, 0.25) is 0 Å². The fourth-order valence-corrected chi connectivity index (χ4v) is 7.99. The van der Waals surface area contributed by atoms with Crippen molar-refractivity contribution in [3.8, 4) is 5.69 Å². The lowest BCUT2D eigenvalue weighted by molar-refractivity contribution is 0.0732. The van der Waals surface area contributed by atoms with Gasteiger partial charge in [0.25, 0.3) is 5.91 Å². The summed E-state index contributed by atoms with van der Waals surface area (Å²) in [5.41, 5.74) is 6.34. The van der Waals surface area contributed by atoms with Crippen molar-refractivity contribution in [2.75, 3.05) is 0 Å². The van der Waals surface area contributed by atoms with Gasteiger partial charge in [0.1, 0.15) is 5.82 Å². The number of aryl methyl sites for hydroxylation is 1. The summed E-state index contributed by atoms with van der Waals surface area (Å²) in [5, 5.41) is 8.49. The number of rotatable bonds is 5. The second-order valence-electron chi connectivity index (χ2n) is 13.1. The highest BCUT2D eigenvalue weighted by Crippen LogP contribution is 2.62. The molecule has 0 aliphatic heterocycles. The molecule has 3 aromatic rings. The Bertz CT molecular complexity index is 1340. The monoisotopic (exact) mass is 513 g/mol. The lowest BCUT2D eigenvalue weighted by Gasteiger charge is -2.43. The minimum Gasteiger partial charge on any atom is -0.347 e. The lowest BCUT2D eigenvalue weighted by atomic mass is 9.68. The number of nitrogens with zero attached hydrogens (tertiary/aromatic N) is 2. The standard InChI is InChI=1S/C33H40FN3O/c1-21-9-11-22(12-10-21)19-23-7-5-6-8-27-28(36-37(29(23)27)26-15-13-25(34)14-16-26)30(38)35-31-32(2,3)24-17-18-33(31,4)20-24/h9-16,23-24,31H,5-8,17-20H2,1-4H3,(H,35,38). The van der Waals surface area contributed by atoms with Crippen molar-refractivity contribution < 1.29 is 9.18 Å². The van der Waals surface area contributed by atoms with E-state index in [1.165, 1.54) is 42.5 Å². The Morgan fingerprint density at radius 2 is 1.79 bits per heavy atom. The van der Waals surface area contributed by atoms with Gasteiger partial charge in [-0.2, -0.15) is 5.10 Å². The highest BCUT2D eigenvalue weighted by atomic mass is 19.1. The Balaban J connectivity index is 1.41. The van der Waals surface area contributed by atoms with Crippen LogP contribution in [0, 0.1) is 29.5 Å². The van der Waals surface area contributed by atoms with Gasteiger partial charge in [-0.25, -0.2) is 9.07 Å². The summed E-state index contributed by atoms with van der Waals surface area (Å²) in [4.78, 5) is 14.0. The average molecular weight is 514 g/mol. The first kappa shape index (κ1) is 25.3. The predicted molar refractivity (Wildman–Crippen MR) is 149 cm³/mol. The Kier molecular flexibility index (Phi) is 6.24. The third-order valence-corrected chi connectivity index (χ3v) is 10.1. The summed E-state index contributed by atoms with van der Waals surface area (Å²) in [5.74, 6) is 0.578. The smallest absolute Gasteiger partial charge is 0.272 e. The van der Waals surface area contributed by atoms with Gasteiger partial charge in [0, 0.05) is 17.5 Å². The van der Waals surface area contributed by atoms with Crippen LogP contribution in [0.5, 0.6) is 0 Å². The van der Waals surface area contributed by atoms with Gasteiger partial charge in [-0.05, 0) is 98.4 Å². The molecule has 2 bridgehead atoms. The lowest BCUT2D eigenvalue weighted by Crippen LogP contribution is -2.52. The van der Waals surface area contributed by atoms with Gasteiger partial charge in [-0.1, -0.05) is 57.0 Å². The van der Waals surface area contributed by atoms with E-state index in [0.717, 1.165) is 49.0 Å². The number of fused-ring (bicyclic) bond motifs is 3. The summed E-state index contributed by atoms with van der Waals surface area (Å²) in [7, 11) is 0. The third kappa shape index (κ3) is 4.28. The van der Waals surface area contributed by atoms with Gasteiger partial charge in [-0.15, -0.1) is 0 Å². The fourth-order valence-electron chi connectivity index (χ4n) is 7.99. The molecule has 1 amide bonds. The molecule has 38 heavy (non-hydrogen) atoms. The number of carbonyl (C=O) groups excluding carboxylic acids is 1. The average Bonchev–Trinajstić information content (AvgIpc) is 3.47. The molecule has 200 valence electrons. The molecule has 1 aromatic heterocycles. The largest absolute Gasteiger partial charge is 0.347 e. The number of amides is 1. The van der Waals surface area contributed by atoms with Gasteiger partial charge >= 0.3 is 0 Å². The van der Waals surface area contributed by atoms with Crippen LogP contribution >= 0.6 is 0 Å². The molecule has 0 spiro atoms. The maximum atomic E-state index is 14.0. The van der Waals surface area contributed by atoms with E-state index >= 15 is 0 Å². The van der Waals surface area contributed by atoms with Crippen LogP contribution in [0.4, 0.5) is 4.39 Å². The minimum absolute atomic E-state index is 0.0510. The van der Waals surface area contributed by atoms with Gasteiger partial charge in [-0.3, -0.25) is 4.79 Å². The molecule has 2 aromatic carbocycles. The molecule has 4 nitrogen and oxygen atoms in total. The minimum atomic E-state index is -0.270. The first-order chi connectivity index (χ1) is 18.2. The van der Waals surface area contributed by atoms with Crippen LogP contribution in [-0.4, -0.2) is 21.7 Å². The zero-order chi connectivity index (χ0) is 26.7. The number of nitrogens with one attached hydrogen (secondary N) is 1. The van der Waals surface area contributed by atoms with E-state index in [-0.39, 0.29) is 34.5 Å². The summed E-state index contributed by atoms with van der Waals surface area (Å²) in [6, 6.07) is 15.4. The molecule has 3 aliphatic rings. The highest BCUT2D eigenvalue weighted by molar-refractivity contribution is 5.94. The Labute approximate surface area is 226 Å². The van der Waals surface area contributed by atoms with E-state index in [4.69, 9.17) is 5.10 Å². The molecule has 3 aliphatic carbocycles. The highest BCUT2D eigenvalue weighted by Gasteiger charge is 2.59. The van der Waals surface area contributed by atoms with Gasteiger partial charge in [0.05, 0.1) is 11.4 Å². The Morgan fingerprint density at radius 1 is 1.05 bits per heavy atom. The van der Waals surface area contributed by atoms with E-state index in [1.807, 2.05) is 4.68 Å². The third-order valence-electron chi connectivity index (χ3n) is 10.1. The van der Waals surface area contributed by atoms with Crippen molar-refractivity contribution in [2.24, 2.45) is 16.7 Å². The number of benzene rings is 2. The van der Waals surface area contributed by atoms with Crippen LogP contribution < -0.4 is 5.32 Å². The van der Waals surface area contributed by atoms with Crippen LogP contribution in [0.25, 0.3) is 5.69 Å². The molecule has 4 atom stereocenters. The number of halogens is 1.